The van der Waals surface area contributed by atoms with Crippen LogP contribution in [0.15, 0.2) is 248 Å². The predicted octanol–water partition coefficient (Wildman–Crippen LogP) is 16.0. The maximum absolute atomic E-state index is 14.1. The molecule has 0 unspecified atom stereocenters. The molecule has 0 saturated carbocycles. The van der Waals surface area contributed by atoms with Crippen LogP contribution in [-0.4, -0.2) is 14.9 Å². The second-order valence-corrected chi connectivity index (χ2v) is 16.8. The molecule has 12 rings (SSSR count). The first-order chi connectivity index (χ1) is 32.7. The molecule has 314 valence electrons. The van der Waals surface area contributed by atoms with Crippen LogP contribution in [0.1, 0.15) is 28.8 Å². The summed E-state index contributed by atoms with van der Waals surface area (Å²) in [7, 11) is 0. The van der Waals surface area contributed by atoms with E-state index in [4.69, 9.17) is 0 Å². The monoisotopic (exact) mass is 848 g/mol. The molecule has 9 aromatic carbocycles. The lowest BCUT2D eigenvalue weighted by atomic mass is 10.0. The Kier molecular flexibility index (Phi) is 9.72. The van der Waals surface area contributed by atoms with Gasteiger partial charge in [-0.2, -0.15) is 0 Å². The number of benzene rings is 9. The summed E-state index contributed by atoms with van der Waals surface area (Å²) in [5, 5.41) is 4.70. The molecule has 5 heteroatoms. The number of nitrogens with zero attached hydrogens (tertiary/aromatic N) is 4. The number of fused-ring (bicyclic) bond motifs is 6. The van der Waals surface area contributed by atoms with Crippen LogP contribution in [0.5, 0.6) is 0 Å². The van der Waals surface area contributed by atoms with Crippen molar-refractivity contribution in [3.05, 3.63) is 260 Å². The number of rotatable bonds is 10. The van der Waals surface area contributed by atoms with Crippen molar-refractivity contribution in [2.24, 2.45) is 0 Å². The molecule has 11 aromatic rings. The number of carbonyl (C=O) groups is 1. The highest BCUT2D eigenvalue weighted by molar-refractivity contribution is 6.13. The van der Waals surface area contributed by atoms with Gasteiger partial charge in [-0.15, -0.1) is 0 Å². The van der Waals surface area contributed by atoms with Gasteiger partial charge < -0.3 is 18.9 Å². The molecular formula is C61H44N4O. The number of ketones is 1. The molecule has 0 bridgehead atoms. The van der Waals surface area contributed by atoms with E-state index in [-0.39, 0.29) is 5.78 Å². The zero-order valence-corrected chi connectivity index (χ0v) is 36.2. The minimum absolute atomic E-state index is 0.0124. The molecule has 0 atom stereocenters. The van der Waals surface area contributed by atoms with E-state index in [9.17, 15) is 4.79 Å². The first-order valence-electron chi connectivity index (χ1n) is 22.6. The molecule has 0 amide bonds. The second kappa shape index (κ2) is 16.5. The molecule has 66 heavy (non-hydrogen) atoms. The minimum Gasteiger partial charge on any atom is -0.314 e. The van der Waals surface area contributed by atoms with Crippen LogP contribution in [-0.2, 0) is 0 Å². The number of aromatic nitrogens is 2. The first-order valence-corrected chi connectivity index (χ1v) is 22.6. The largest absolute Gasteiger partial charge is 0.314 e. The summed E-state index contributed by atoms with van der Waals surface area (Å²) < 4.78 is 4.61. The van der Waals surface area contributed by atoms with Crippen LogP contribution in [0.3, 0.4) is 0 Å². The fourth-order valence-corrected chi connectivity index (χ4v) is 9.88. The van der Waals surface area contributed by atoms with E-state index in [1.165, 1.54) is 21.9 Å². The zero-order chi connectivity index (χ0) is 44.0. The highest BCUT2D eigenvalue weighted by atomic mass is 16.1. The number of hydrogen-bond donors (Lipinski definition) is 0. The number of carbonyl (C=O) groups excluding carboxylic acids is 1. The third kappa shape index (κ3) is 6.77. The van der Waals surface area contributed by atoms with Crippen molar-refractivity contribution in [1.29, 1.82) is 0 Å². The Morgan fingerprint density at radius 2 is 0.788 bits per heavy atom. The van der Waals surface area contributed by atoms with Gasteiger partial charge in [-0.3, -0.25) is 4.79 Å². The summed E-state index contributed by atoms with van der Waals surface area (Å²) in [5.41, 5.74) is 14.6. The van der Waals surface area contributed by atoms with E-state index in [0.717, 1.165) is 80.1 Å². The minimum atomic E-state index is -0.0124. The average molecular weight is 849 g/mol. The number of para-hydroxylation sites is 5. The molecule has 1 aliphatic rings. The van der Waals surface area contributed by atoms with Crippen LogP contribution < -0.4 is 9.80 Å². The fourth-order valence-electron chi connectivity index (χ4n) is 9.88. The van der Waals surface area contributed by atoms with Crippen molar-refractivity contribution in [3.63, 3.8) is 0 Å². The van der Waals surface area contributed by atoms with Gasteiger partial charge in [-0.05, 0) is 152 Å². The Balaban J connectivity index is 0.861. The van der Waals surface area contributed by atoms with Gasteiger partial charge >= 0.3 is 0 Å². The molecule has 0 aliphatic heterocycles. The molecule has 2 aromatic heterocycles. The highest BCUT2D eigenvalue weighted by Gasteiger charge is 2.21. The standard InChI is InChI=1S/C61H44N4O/c66-61(43-29-33-49(34-30-43)64-57-27-15-13-25-53(57)55-41-51(37-39-59(55)64)62(45-17-5-1-6-18-45)46-19-7-2-8-20-46)44-31-35-50(36-32-44)65-58-28-16-14-26-54(58)56-42-52(38-40-60(56)65)63(47-21-9-3-10-22-47)48-23-11-4-12-24-48/h1-11,13-23,25-42H,12,24H2. The maximum atomic E-state index is 14.1. The van der Waals surface area contributed by atoms with Crippen molar-refractivity contribution in [1.82, 2.24) is 9.13 Å². The third-order valence-electron chi connectivity index (χ3n) is 12.9. The summed E-state index contributed by atoms with van der Waals surface area (Å²) >= 11 is 0. The zero-order valence-electron chi connectivity index (χ0n) is 36.2. The second-order valence-electron chi connectivity index (χ2n) is 16.8. The van der Waals surface area contributed by atoms with Crippen molar-refractivity contribution in [2.75, 3.05) is 9.80 Å². The van der Waals surface area contributed by atoms with Gasteiger partial charge in [0.2, 0.25) is 0 Å². The summed E-state index contributed by atoms with van der Waals surface area (Å²) in [5.74, 6) is -0.0124. The van der Waals surface area contributed by atoms with Crippen LogP contribution in [0.2, 0.25) is 0 Å². The Bertz CT molecular complexity index is 3600. The van der Waals surface area contributed by atoms with E-state index < -0.39 is 0 Å². The molecule has 0 fully saturated rings. The van der Waals surface area contributed by atoms with E-state index in [1.807, 2.05) is 24.3 Å². The summed E-state index contributed by atoms with van der Waals surface area (Å²) in [6.07, 6.45) is 8.63. The normalized spacial score (nSPS) is 12.5. The lowest BCUT2D eigenvalue weighted by Gasteiger charge is -2.29. The van der Waals surface area contributed by atoms with Gasteiger partial charge in [-0.25, -0.2) is 0 Å². The van der Waals surface area contributed by atoms with Crippen LogP contribution in [0.4, 0.5) is 28.4 Å². The van der Waals surface area contributed by atoms with E-state index in [0.29, 0.717) is 11.1 Å². The topological polar surface area (TPSA) is 33.4 Å². The lowest BCUT2D eigenvalue weighted by Crippen LogP contribution is -2.17. The predicted molar refractivity (Wildman–Crippen MR) is 275 cm³/mol. The van der Waals surface area contributed by atoms with E-state index in [2.05, 4.69) is 237 Å². The van der Waals surface area contributed by atoms with Crippen molar-refractivity contribution in [3.8, 4) is 11.4 Å². The Morgan fingerprint density at radius 3 is 1.24 bits per heavy atom. The molecule has 0 radical (unpaired) electrons. The molecule has 1 aliphatic carbocycles. The van der Waals surface area contributed by atoms with Crippen molar-refractivity contribution < 1.29 is 4.79 Å². The first kappa shape index (κ1) is 39.0. The SMILES string of the molecule is O=C(c1ccc(-n2c3ccccc3c3cc(N(C4=CC=CCC4)c4ccccc4)ccc32)cc1)c1ccc(-n2c3ccccc3c3cc(N(c4ccccc4)c4ccccc4)ccc32)cc1. The Labute approximate surface area is 383 Å². The highest BCUT2D eigenvalue weighted by Crippen LogP contribution is 2.41. The maximum Gasteiger partial charge on any atom is 0.193 e. The van der Waals surface area contributed by atoms with Gasteiger partial charge in [0.25, 0.3) is 0 Å². The van der Waals surface area contributed by atoms with Gasteiger partial charge in [0.15, 0.2) is 5.78 Å². The summed E-state index contributed by atoms with van der Waals surface area (Å²) in [6, 6.07) is 78.4. The van der Waals surface area contributed by atoms with Gasteiger partial charge in [0.1, 0.15) is 0 Å². The Morgan fingerprint density at radius 1 is 0.379 bits per heavy atom. The molecular weight excluding hydrogens is 805 g/mol. The molecule has 0 N–H and O–H groups in total. The average Bonchev–Trinajstić information content (AvgIpc) is 3.90. The fraction of sp³-hybridized carbons (Fsp3) is 0.0328. The number of allylic oxidation sites excluding steroid dienone is 4. The number of anilines is 5. The molecule has 0 spiro atoms. The smallest absolute Gasteiger partial charge is 0.193 e. The van der Waals surface area contributed by atoms with Gasteiger partial charge in [0, 0.05) is 78.2 Å². The quantitative estimate of drug-likeness (QED) is 0.129. The van der Waals surface area contributed by atoms with Crippen molar-refractivity contribution in [2.45, 2.75) is 12.8 Å². The molecule has 0 saturated heterocycles. The van der Waals surface area contributed by atoms with Crippen LogP contribution in [0.25, 0.3) is 55.0 Å². The summed E-state index contributed by atoms with van der Waals surface area (Å²) in [4.78, 5) is 18.8. The number of hydrogen-bond acceptors (Lipinski definition) is 3. The summed E-state index contributed by atoms with van der Waals surface area (Å²) in [6.45, 7) is 0. The third-order valence-corrected chi connectivity index (χ3v) is 12.9. The van der Waals surface area contributed by atoms with Gasteiger partial charge in [0.05, 0.1) is 22.1 Å². The molecule has 5 nitrogen and oxygen atoms in total. The van der Waals surface area contributed by atoms with Crippen molar-refractivity contribution >= 4 is 77.8 Å². The van der Waals surface area contributed by atoms with Gasteiger partial charge in [-0.1, -0.05) is 103 Å². The van der Waals surface area contributed by atoms with Crippen LogP contribution >= 0.6 is 0 Å². The van der Waals surface area contributed by atoms with E-state index >= 15 is 0 Å². The van der Waals surface area contributed by atoms with Crippen LogP contribution in [0, 0.1) is 0 Å². The lowest BCUT2D eigenvalue weighted by molar-refractivity contribution is 0.103. The molecule has 2 heterocycles. The Hall–Kier alpha value is -8.67. The van der Waals surface area contributed by atoms with E-state index in [1.54, 1.807) is 0 Å².